The number of hydrogen-bond acceptors (Lipinski definition) is 3. The minimum absolute atomic E-state index is 0.0570. The summed E-state index contributed by atoms with van der Waals surface area (Å²) in [6.45, 7) is 2.25. The molecule has 1 amide bonds. The summed E-state index contributed by atoms with van der Waals surface area (Å²) >= 11 is 5.84. The van der Waals surface area contributed by atoms with Gasteiger partial charge in [0.1, 0.15) is 5.82 Å². The molecule has 0 N–H and O–H groups in total. The van der Waals surface area contributed by atoms with E-state index in [1.165, 1.54) is 30.2 Å². The van der Waals surface area contributed by atoms with Gasteiger partial charge in [0.15, 0.2) is 0 Å². The molecule has 0 heterocycles. The summed E-state index contributed by atoms with van der Waals surface area (Å²) in [6, 6.07) is 4.05. The van der Waals surface area contributed by atoms with E-state index in [-0.39, 0.29) is 23.6 Å². The van der Waals surface area contributed by atoms with Crippen molar-refractivity contribution in [1.82, 2.24) is 4.90 Å². The fraction of sp³-hybridized carbons (Fsp3) is 0.385. The van der Waals surface area contributed by atoms with Crippen molar-refractivity contribution in [3.05, 3.63) is 34.6 Å². The molecule has 0 aliphatic heterocycles. The Morgan fingerprint density at radius 2 is 2.11 bits per heavy atom. The highest BCUT2D eigenvalue weighted by atomic mass is 35.5. The molecule has 1 aromatic rings. The van der Waals surface area contributed by atoms with E-state index in [1.807, 2.05) is 0 Å². The maximum atomic E-state index is 13.6. The summed E-state index contributed by atoms with van der Waals surface area (Å²) in [6.07, 6.45) is 0.0577. The molecule has 0 fully saturated rings. The van der Waals surface area contributed by atoms with E-state index < -0.39 is 17.7 Å². The van der Waals surface area contributed by atoms with Crippen molar-refractivity contribution in [1.29, 1.82) is 0 Å². The maximum Gasteiger partial charge on any atom is 0.307 e. The molecule has 0 saturated carbocycles. The van der Waals surface area contributed by atoms with Gasteiger partial charge in [-0.2, -0.15) is 0 Å². The third-order valence-corrected chi connectivity index (χ3v) is 2.97. The number of carbonyl (C=O) groups is 2. The number of esters is 1. The van der Waals surface area contributed by atoms with Crippen LogP contribution in [0.15, 0.2) is 18.2 Å². The predicted molar refractivity (Wildman–Crippen MR) is 69.6 cm³/mol. The van der Waals surface area contributed by atoms with E-state index >= 15 is 0 Å². The highest BCUT2D eigenvalue weighted by Gasteiger charge is 2.21. The normalized spacial score (nSPS) is 10.1. The highest BCUT2D eigenvalue weighted by Crippen LogP contribution is 2.20. The molecule has 4 nitrogen and oxygen atoms in total. The van der Waals surface area contributed by atoms with Crippen LogP contribution in [0.2, 0.25) is 5.02 Å². The second-order valence-corrected chi connectivity index (χ2v) is 4.21. The van der Waals surface area contributed by atoms with Crippen LogP contribution in [0.4, 0.5) is 4.39 Å². The maximum absolute atomic E-state index is 13.6. The molecule has 0 aromatic heterocycles. The predicted octanol–water partition coefficient (Wildman–Crippen LogP) is 2.50. The van der Waals surface area contributed by atoms with Gasteiger partial charge in [-0.1, -0.05) is 17.7 Å². The number of halogens is 2. The monoisotopic (exact) mass is 287 g/mol. The summed E-state index contributed by atoms with van der Waals surface area (Å²) in [5.41, 5.74) is -0.170. The first-order valence-electron chi connectivity index (χ1n) is 5.81. The first-order valence-corrected chi connectivity index (χ1v) is 6.19. The van der Waals surface area contributed by atoms with Gasteiger partial charge in [-0.3, -0.25) is 9.59 Å². The lowest BCUT2D eigenvalue weighted by molar-refractivity contribution is -0.140. The van der Waals surface area contributed by atoms with Crippen LogP contribution >= 0.6 is 11.6 Å². The molecular weight excluding hydrogens is 273 g/mol. The Kier molecular flexibility index (Phi) is 5.76. The average molecular weight is 288 g/mol. The second-order valence-electron chi connectivity index (χ2n) is 3.81. The molecule has 0 atom stereocenters. The van der Waals surface area contributed by atoms with Crippen LogP contribution < -0.4 is 0 Å². The zero-order valence-corrected chi connectivity index (χ0v) is 11.5. The highest BCUT2D eigenvalue weighted by molar-refractivity contribution is 6.33. The van der Waals surface area contributed by atoms with Crippen molar-refractivity contribution in [3.8, 4) is 0 Å². The third kappa shape index (κ3) is 3.92. The third-order valence-electron chi connectivity index (χ3n) is 2.66. The standard InChI is InChI=1S/C13H15ClFNO3/c1-3-16(8-7-11(17)19-2)13(18)12-9(14)5-4-6-10(12)15/h4-6H,3,7-8H2,1-2H3. The lowest BCUT2D eigenvalue weighted by atomic mass is 10.1. The van der Waals surface area contributed by atoms with Crippen molar-refractivity contribution in [2.24, 2.45) is 0 Å². The van der Waals surface area contributed by atoms with E-state index in [1.54, 1.807) is 6.92 Å². The Morgan fingerprint density at radius 3 is 2.63 bits per heavy atom. The number of benzene rings is 1. The van der Waals surface area contributed by atoms with Crippen molar-refractivity contribution in [2.45, 2.75) is 13.3 Å². The lowest BCUT2D eigenvalue weighted by Crippen LogP contribution is -2.33. The first kappa shape index (κ1) is 15.4. The van der Waals surface area contributed by atoms with Gasteiger partial charge in [0.05, 0.1) is 24.1 Å². The zero-order chi connectivity index (χ0) is 14.4. The summed E-state index contributed by atoms with van der Waals surface area (Å²) in [5.74, 6) is -1.63. The molecule has 1 rings (SSSR count). The van der Waals surface area contributed by atoms with Crippen LogP contribution in [0.5, 0.6) is 0 Å². The fourth-order valence-electron chi connectivity index (χ4n) is 1.59. The Bertz CT molecular complexity index is 459. The summed E-state index contributed by atoms with van der Waals surface area (Å²) < 4.78 is 18.1. The van der Waals surface area contributed by atoms with Crippen molar-refractivity contribution >= 4 is 23.5 Å². The second kappa shape index (κ2) is 7.09. The van der Waals surface area contributed by atoms with Gasteiger partial charge in [0, 0.05) is 13.1 Å². The first-order chi connectivity index (χ1) is 9.01. The Hall–Kier alpha value is -1.62. The van der Waals surface area contributed by atoms with Crippen LogP contribution in [0, 0.1) is 5.82 Å². The van der Waals surface area contributed by atoms with Gasteiger partial charge in [-0.15, -0.1) is 0 Å². The number of nitrogens with zero attached hydrogens (tertiary/aromatic N) is 1. The minimum Gasteiger partial charge on any atom is -0.469 e. The molecular formula is C13H15ClFNO3. The van der Waals surface area contributed by atoms with Crippen molar-refractivity contribution < 1.29 is 18.7 Å². The van der Waals surface area contributed by atoms with Gasteiger partial charge in [0.25, 0.3) is 5.91 Å². The Labute approximate surface area is 116 Å². The van der Waals surface area contributed by atoms with Gasteiger partial charge in [-0.05, 0) is 19.1 Å². The van der Waals surface area contributed by atoms with E-state index in [9.17, 15) is 14.0 Å². The molecule has 0 spiro atoms. The Balaban J connectivity index is 2.87. The van der Waals surface area contributed by atoms with Crippen LogP contribution in [0.1, 0.15) is 23.7 Å². The minimum atomic E-state index is -0.672. The molecule has 0 unspecified atom stereocenters. The molecule has 19 heavy (non-hydrogen) atoms. The van der Waals surface area contributed by atoms with E-state index in [0.29, 0.717) is 6.54 Å². The van der Waals surface area contributed by atoms with Crippen LogP contribution in [-0.2, 0) is 9.53 Å². The van der Waals surface area contributed by atoms with Crippen molar-refractivity contribution in [2.75, 3.05) is 20.2 Å². The molecule has 104 valence electrons. The zero-order valence-electron chi connectivity index (χ0n) is 10.8. The van der Waals surface area contributed by atoms with Crippen molar-refractivity contribution in [3.63, 3.8) is 0 Å². The SMILES string of the molecule is CCN(CCC(=O)OC)C(=O)c1c(F)cccc1Cl. The Morgan fingerprint density at radius 1 is 1.42 bits per heavy atom. The van der Waals surface area contributed by atoms with Gasteiger partial charge >= 0.3 is 5.97 Å². The molecule has 0 saturated heterocycles. The summed E-state index contributed by atoms with van der Waals surface area (Å²) in [5, 5.41) is 0.0570. The number of hydrogen-bond donors (Lipinski definition) is 0. The topological polar surface area (TPSA) is 46.6 Å². The fourth-order valence-corrected chi connectivity index (χ4v) is 1.84. The number of rotatable bonds is 5. The van der Waals surface area contributed by atoms with Gasteiger partial charge in [0.2, 0.25) is 0 Å². The number of methoxy groups -OCH3 is 1. The molecule has 0 radical (unpaired) electrons. The smallest absolute Gasteiger partial charge is 0.307 e. The molecule has 1 aromatic carbocycles. The van der Waals surface area contributed by atoms with Crippen LogP contribution in [0.3, 0.4) is 0 Å². The van der Waals surface area contributed by atoms with Gasteiger partial charge in [-0.25, -0.2) is 4.39 Å². The van der Waals surface area contributed by atoms with Gasteiger partial charge < -0.3 is 9.64 Å². The number of amides is 1. The van der Waals surface area contributed by atoms with Crippen LogP contribution in [-0.4, -0.2) is 37.0 Å². The van der Waals surface area contributed by atoms with E-state index in [2.05, 4.69) is 4.74 Å². The van der Waals surface area contributed by atoms with Crippen LogP contribution in [0.25, 0.3) is 0 Å². The van der Waals surface area contributed by atoms with E-state index in [0.717, 1.165) is 0 Å². The molecule has 6 heteroatoms. The average Bonchev–Trinajstić information content (AvgIpc) is 2.38. The number of carbonyl (C=O) groups excluding carboxylic acids is 2. The van der Waals surface area contributed by atoms with E-state index in [4.69, 9.17) is 11.6 Å². The molecule has 0 aliphatic rings. The molecule has 0 bridgehead atoms. The lowest BCUT2D eigenvalue weighted by Gasteiger charge is -2.21. The largest absolute Gasteiger partial charge is 0.469 e. The quantitative estimate of drug-likeness (QED) is 0.782. The number of ether oxygens (including phenoxy) is 1. The summed E-state index contributed by atoms with van der Waals surface area (Å²) in [7, 11) is 1.27. The summed E-state index contributed by atoms with van der Waals surface area (Å²) in [4.78, 5) is 24.6. The molecule has 0 aliphatic carbocycles.